The first kappa shape index (κ1) is 16.4. The van der Waals surface area contributed by atoms with E-state index in [4.69, 9.17) is 0 Å². The van der Waals surface area contributed by atoms with Gasteiger partial charge >= 0.3 is 0 Å². The summed E-state index contributed by atoms with van der Waals surface area (Å²) in [4.78, 5) is 28.7. The van der Waals surface area contributed by atoms with E-state index in [1.807, 2.05) is 43.3 Å². The molecule has 0 fully saturated rings. The quantitative estimate of drug-likeness (QED) is 0.833. The van der Waals surface area contributed by atoms with E-state index in [1.165, 1.54) is 0 Å². The summed E-state index contributed by atoms with van der Waals surface area (Å²) in [5, 5.41) is 5.29. The van der Waals surface area contributed by atoms with Crippen molar-refractivity contribution in [1.82, 2.24) is 10.6 Å². The van der Waals surface area contributed by atoms with Gasteiger partial charge in [0.25, 0.3) is 5.91 Å². The Morgan fingerprint density at radius 3 is 2.71 bits per heavy atom. The van der Waals surface area contributed by atoms with Gasteiger partial charge < -0.3 is 0 Å². The fourth-order valence-electron chi connectivity index (χ4n) is 2.50. The molecule has 122 valence electrons. The van der Waals surface area contributed by atoms with Gasteiger partial charge in [-0.25, -0.2) is 4.99 Å². The normalized spacial score (nSPS) is 17.0. The molecule has 2 aromatic carbocycles. The number of carbonyl (C=O) groups is 2. The lowest BCUT2D eigenvalue weighted by Gasteiger charge is -2.21. The van der Waals surface area contributed by atoms with E-state index in [0.29, 0.717) is 5.56 Å². The largest absolute Gasteiger partial charge is 0.296 e. The van der Waals surface area contributed by atoms with Gasteiger partial charge in [0.1, 0.15) is 0 Å². The van der Waals surface area contributed by atoms with Crippen LogP contribution in [0.5, 0.6) is 0 Å². The number of aliphatic imine (C=N–C) groups is 1. The molecule has 0 bridgehead atoms. The van der Waals surface area contributed by atoms with Gasteiger partial charge in [0.15, 0.2) is 0 Å². The van der Waals surface area contributed by atoms with Gasteiger partial charge in [-0.15, -0.1) is 0 Å². The fraction of sp³-hybridized carbons (Fsp3) is 0.167. The maximum absolute atomic E-state index is 12.3. The molecule has 0 radical (unpaired) electrons. The molecule has 1 aliphatic heterocycles. The van der Waals surface area contributed by atoms with Crippen molar-refractivity contribution in [3.05, 3.63) is 69.7 Å². The number of benzene rings is 2. The van der Waals surface area contributed by atoms with E-state index in [9.17, 15) is 9.59 Å². The molecule has 0 saturated carbocycles. The zero-order valence-corrected chi connectivity index (χ0v) is 14.6. The summed E-state index contributed by atoms with van der Waals surface area (Å²) in [5.41, 5.74) is 2.44. The minimum atomic E-state index is -0.306. The van der Waals surface area contributed by atoms with E-state index < -0.39 is 0 Å². The Morgan fingerprint density at radius 1 is 1.25 bits per heavy atom. The Labute approximate surface area is 148 Å². The maximum atomic E-state index is 12.3. The number of aryl methyl sites for hydroxylation is 1. The van der Waals surface area contributed by atoms with Crippen LogP contribution >= 0.6 is 15.9 Å². The summed E-state index contributed by atoms with van der Waals surface area (Å²) in [6, 6.07) is 14.6. The molecule has 0 spiro atoms. The number of nitrogens with zero attached hydrogens (tertiary/aromatic N) is 1. The van der Waals surface area contributed by atoms with Gasteiger partial charge in [-0.05, 0) is 36.8 Å². The average molecular weight is 386 g/mol. The molecule has 6 heteroatoms. The number of hydrogen-bond acceptors (Lipinski definition) is 3. The monoisotopic (exact) mass is 385 g/mol. The molecule has 5 nitrogen and oxygen atoms in total. The number of hydrogen-bond donors (Lipinski definition) is 2. The van der Waals surface area contributed by atoms with Gasteiger partial charge in [0.2, 0.25) is 11.9 Å². The molecule has 24 heavy (non-hydrogen) atoms. The molecule has 0 aliphatic carbocycles. The van der Waals surface area contributed by atoms with E-state index >= 15 is 0 Å². The van der Waals surface area contributed by atoms with Gasteiger partial charge in [0.05, 0.1) is 12.5 Å². The van der Waals surface area contributed by atoms with Crippen LogP contribution in [0.1, 0.15) is 33.9 Å². The Bertz CT molecular complexity index is 815. The predicted octanol–water partition coefficient (Wildman–Crippen LogP) is 3.10. The SMILES string of the molecule is Cc1cccc(C(=O)NC2=N[C@H](c3ccc(Br)cc3)CC(=O)N2)c1. The van der Waals surface area contributed by atoms with E-state index in [1.54, 1.807) is 12.1 Å². The van der Waals surface area contributed by atoms with Crippen LogP contribution in [0.4, 0.5) is 0 Å². The zero-order chi connectivity index (χ0) is 17.1. The van der Waals surface area contributed by atoms with Crippen molar-refractivity contribution >= 4 is 33.7 Å². The van der Waals surface area contributed by atoms with Crippen LogP contribution in [0.2, 0.25) is 0 Å². The van der Waals surface area contributed by atoms with E-state index in [-0.39, 0.29) is 30.2 Å². The third-order valence-corrected chi connectivity index (χ3v) is 4.22. The lowest BCUT2D eigenvalue weighted by atomic mass is 10.0. The third-order valence-electron chi connectivity index (χ3n) is 3.69. The summed E-state index contributed by atoms with van der Waals surface area (Å²) >= 11 is 3.39. The first-order chi connectivity index (χ1) is 11.5. The van der Waals surface area contributed by atoms with Crippen LogP contribution < -0.4 is 10.6 Å². The minimum absolute atomic E-state index is 0.169. The molecule has 2 amide bonds. The molecule has 1 heterocycles. The standard InChI is InChI=1S/C18H16BrN3O2/c1-11-3-2-4-13(9-11)17(24)22-18-20-15(10-16(23)21-18)12-5-7-14(19)8-6-12/h2-9,15H,10H2,1H3,(H2,20,21,22,23,24)/t15-/m0/s1. The summed E-state index contributed by atoms with van der Waals surface area (Å²) in [6.45, 7) is 1.92. The lowest BCUT2D eigenvalue weighted by Crippen LogP contribution is -2.47. The highest BCUT2D eigenvalue weighted by Gasteiger charge is 2.23. The Balaban J connectivity index is 1.80. The molecule has 2 N–H and O–H groups in total. The molecule has 1 aliphatic rings. The van der Waals surface area contributed by atoms with Crippen molar-refractivity contribution in [2.75, 3.05) is 0 Å². The molecule has 3 rings (SSSR count). The molecule has 2 aromatic rings. The van der Waals surface area contributed by atoms with Crippen LogP contribution in [0.3, 0.4) is 0 Å². The van der Waals surface area contributed by atoms with Crippen molar-refractivity contribution < 1.29 is 9.59 Å². The Morgan fingerprint density at radius 2 is 2.00 bits per heavy atom. The number of guanidine groups is 1. The van der Waals surface area contributed by atoms with Crippen LogP contribution in [-0.4, -0.2) is 17.8 Å². The predicted molar refractivity (Wildman–Crippen MR) is 95.7 cm³/mol. The number of carbonyl (C=O) groups excluding carboxylic acids is 2. The summed E-state index contributed by atoms with van der Waals surface area (Å²) in [5.74, 6) is -0.280. The number of amides is 2. The molecular weight excluding hydrogens is 370 g/mol. The highest BCUT2D eigenvalue weighted by Crippen LogP contribution is 2.24. The van der Waals surface area contributed by atoms with E-state index in [0.717, 1.165) is 15.6 Å². The molecule has 0 aromatic heterocycles. The topological polar surface area (TPSA) is 70.6 Å². The number of rotatable bonds is 2. The minimum Gasteiger partial charge on any atom is -0.296 e. The molecule has 0 saturated heterocycles. The van der Waals surface area contributed by atoms with Crippen LogP contribution in [0.25, 0.3) is 0 Å². The van der Waals surface area contributed by atoms with Crippen LogP contribution in [0.15, 0.2) is 58.0 Å². The lowest BCUT2D eigenvalue weighted by molar-refractivity contribution is -0.120. The second kappa shape index (κ2) is 6.97. The third kappa shape index (κ3) is 3.89. The van der Waals surface area contributed by atoms with Crippen LogP contribution in [0, 0.1) is 6.92 Å². The van der Waals surface area contributed by atoms with Crippen molar-refractivity contribution in [3.63, 3.8) is 0 Å². The van der Waals surface area contributed by atoms with Crippen molar-refractivity contribution in [3.8, 4) is 0 Å². The molecular formula is C18H16BrN3O2. The van der Waals surface area contributed by atoms with Gasteiger partial charge in [-0.2, -0.15) is 0 Å². The van der Waals surface area contributed by atoms with Gasteiger partial charge in [-0.3, -0.25) is 20.2 Å². The zero-order valence-electron chi connectivity index (χ0n) is 13.0. The van der Waals surface area contributed by atoms with Crippen LogP contribution in [-0.2, 0) is 4.79 Å². The smallest absolute Gasteiger partial charge is 0.257 e. The second-order valence-corrected chi connectivity index (χ2v) is 6.54. The maximum Gasteiger partial charge on any atom is 0.257 e. The summed E-state index contributed by atoms with van der Waals surface area (Å²) < 4.78 is 0.962. The van der Waals surface area contributed by atoms with Gasteiger partial charge in [0, 0.05) is 10.0 Å². The summed E-state index contributed by atoms with van der Waals surface area (Å²) in [6.07, 6.45) is 0.255. The first-order valence-corrected chi connectivity index (χ1v) is 8.32. The van der Waals surface area contributed by atoms with Gasteiger partial charge in [-0.1, -0.05) is 45.8 Å². The number of halogens is 1. The van der Waals surface area contributed by atoms with Crippen molar-refractivity contribution in [2.24, 2.45) is 4.99 Å². The van der Waals surface area contributed by atoms with E-state index in [2.05, 4.69) is 31.6 Å². The molecule has 1 atom stereocenters. The van der Waals surface area contributed by atoms with Crippen molar-refractivity contribution in [2.45, 2.75) is 19.4 Å². The highest BCUT2D eigenvalue weighted by molar-refractivity contribution is 9.10. The second-order valence-electron chi connectivity index (χ2n) is 5.62. The Hall–Kier alpha value is -2.47. The highest BCUT2D eigenvalue weighted by atomic mass is 79.9. The molecule has 0 unspecified atom stereocenters. The average Bonchev–Trinajstić information content (AvgIpc) is 2.55. The number of nitrogens with one attached hydrogen (secondary N) is 2. The Kier molecular flexibility index (Phi) is 4.76. The first-order valence-electron chi connectivity index (χ1n) is 7.52. The fourth-order valence-corrected chi connectivity index (χ4v) is 2.76. The summed E-state index contributed by atoms with van der Waals surface area (Å²) in [7, 11) is 0. The van der Waals surface area contributed by atoms with Crippen molar-refractivity contribution in [1.29, 1.82) is 0 Å².